The van der Waals surface area contributed by atoms with E-state index in [0.717, 1.165) is 5.56 Å². The molecule has 0 atom stereocenters. The summed E-state index contributed by atoms with van der Waals surface area (Å²) < 4.78 is 32.1. The summed E-state index contributed by atoms with van der Waals surface area (Å²) in [6, 6.07) is 13.0. The molecule has 3 rings (SSSR count). The molecule has 0 radical (unpaired) electrons. The van der Waals surface area contributed by atoms with Crippen LogP contribution in [0.1, 0.15) is 16.1 Å². The molecule has 27 heavy (non-hydrogen) atoms. The van der Waals surface area contributed by atoms with Gasteiger partial charge in [0.25, 0.3) is 5.91 Å². The molecule has 2 N–H and O–H groups in total. The number of rotatable bonds is 5. The molecular weight excluding hydrogens is 370 g/mol. The second-order valence-corrected chi connectivity index (χ2v) is 6.92. The minimum absolute atomic E-state index is 0.0782. The first kappa shape index (κ1) is 18.6. The Morgan fingerprint density at radius 1 is 1.15 bits per heavy atom. The van der Waals surface area contributed by atoms with Crippen LogP contribution < -0.4 is 14.2 Å². The Labute approximate surface area is 156 Å². The van der Waals surface area contributed by atoms with Gasteiger partial charge in [0.15, 0.2) is 5.76 Å². The van der Waals surface area contributed by atoms with E-state index < -0.39 is 10.3 Å². The van der Waals surface area contributed by atoms with Crippen LogP contribution in [0.2, 0.25) is 0 Å². The largest absolute Gasteiger partial charge is 0.451 e. The lowest BCUT2D eigenvalue weighted by Crippen LogP contribution is -2.27. The van der Waals surface area contributed by atoms with Crippen molar-refractivity contribution in [2.75, 3.05) is 11.9 Å². The summed E-state index contributed by atoms with van der Waals surface area (Å²) in [5.74, 6) is 0.894. The van der Waals surface area contributed by atoms with E-state index in [2.05, 4.69) is 9.17 Å². The smallest absolute Gasteiger partial charge is 0.380 e. The van der Waals surface area contributed by atoms with Gasteiger partial charge in [-0.05, 0) is 55.0 Å². The maximum atomic E-state index is 12.6. The fourth-order valence-corrected chi connectivity index (χ4v) is 2.89. The normalized spacial score (nSPS) is 11.2. The van der Waals surface area contributed by atoms with Crippen LogP contribution in [0.15, 0.2) is 59.1 Å². The van der Waals surface area contributed by atoms with Gasteiger partial charge in [0, 0.05) is 18.8 Å². The number of aromatic nitrogens is 1. The summed E-state index contributed by atoms with van der Waals surface area (Å²) in [6.45, 7) is 1.87. The highest BCUT2D eigenvalue weighted by atomic mass is 32.2. The molecule has 2 heterocycles. The summed E-state index contributed by atoms with van der Waals surface area (Å²) >= 11 is 0. The monoisotopic (exact) mass is 387 g/mol. The van der Waals surface area contributed by atoms with E-state index in [1.807, 2.05) is 13.0 Å². The highest BCUT2D eigenvalue weighted by molar-refractivity contribution is 7.84. The standard InChI is InChI=1S/C18H17N3O5S/c1-12-4-3-11-20-17(12)21(2)18(22)16-10-9-15(25-16)13-5-7-14(8-6-13)26-27(19,23)24/h3-11H,1-2H3,(H2,19,23,24). The number of nitrogens with zero attached hydrogens (tertiary/aromatic N) is 2. The molecule has 8 nitrogen and oxygen atoms in total. The van der Waals surface area contributed by atoms with Gasteiger partial charge in [-0.1, -0.05) is 6.07 Å². The zero-order valence-corrected chi connectivity index (χ0v) is 15.4. The van der Waals surface area contributed by atoms with E-state index in [4.69, 9.17) is 9.56 Å². The Kier molecular flexibility index (Phi) is 4.98. The van der Waals surface area contributed by atoms with Crippen molar-refractivity contribution in [1.82, 2.24) is 4.98 Å². The first-order chi connectivity index (χ1) is 12.7. The second-order valence-electron chi connectivity index (χ2n) is 5.77. The third-order valence-electron chi connectivity index (χ3n) is 3.77. The van der Waals surface area contributed by atoms with Crippen LogP contribution >= 0.6 is 0 Å². The van der Waals surface area contributed by atoms with Gasteiger partial charge >= 0.3 is 10.3 Å². The number of amides is 1. The van der Waals surface area contributed by atoms with Crippen LogP contribution in [0.5, 0.6) is 5.75 Å². The van der Waals surface area contributed by atoms with Crippen LogP contribution in [-0.4, -0.2) is 26.4 Å². The van der Waals surface area contributed by atoms with Crippen molar-refractivity contribution in [2.45, 2.75) is 6.92 Å². The van der Waals surface area contributed by atoms with Crippen molar-refractivity contribution in [1.29, 1.82) is 0 Å². The Hall–Kier alpha value is -3.17. The van der Waals surface area contributed by atoms with Gasteiger partial charge in [0.1, 0.15) is 17.3 Å². The molecule has 0 saturated heterocycles. The van der Waals surface area contributed by atoms with E-state index in [1.165, 1.54) is 17.0 Å². The zero-order valence-electron chi connectivity index (χ0n) is 14.6. The Morgan fingerprint density at radius 2 is 1.85 bits per heavy atom. The molecule has 0 spiro atoms. The van der Waals surface area contributed by atoms with Crippen molar-refractivity contribution in [3.63, 3.8) is 0 Å². The fourth-order valence-electron chi connectivity index (χ4n) is 2.51. The SMILES string of the molecule is Cc1cccnc1N(C)C(=O)c1ccc(-c2ccc(OS(N)(=O)=O)cc2)o1. The number of carbonyl (C=O) groups excluding carboxylic acids is 1. The van der Waals surface area contributed by atoms with Crippen LogP contribution in [-0.2, 0) is 10.3 Å². The molecule has 1 amide bonds. The molecule has 3 aromatic rings. The van der Waals surface area contributed by atoms with Crippen molar-refractivity contribution in [3.8, 4) is 17.1 Å². The van der Waals surface area contributed by atoms with E-state index in [9.17, 15) is 13.2 Å². The first-order valence-corrected chi connectivity index (χ1v) is 9.34. The predicted octanol–water partition coefficient (Wildman–Crippen LogP) is 2.51. The molecule has 0 aliphatic rings. The van der Waals surface area contributed by atoms with Gasteiger partial charge in [-0.2, -0.15) is 13.6 Å². The minimum Gasteiger partial charge on any atom is -0.451 e. The summed E-state index contributed by atoms with van der Waals surface area (Å²) in [7, 11) is -2.46. The van der Waals surface area contributed by atoms with E-state index >= 15 is 0 Å². The number of aryl methyl sites for hydroxylation is 1. The maximum Gasteiger partial charge on any atom is 0.380 e. The highest BCUT2D eigenvalue weighted by Gasteiger charge is 2.20. The number of nitrogens with two attached hydrogens (primary N) is 1. The first-order valence-electron chi connectivity index (χ1n) is 7.87. The second kappa shape index (κ2) is 7.22. The number of anilines is 1. The molecule has 0 bridgehead atoms. The third kappa shape index (κ3) is 4.33. The van der Waals surface area contributed by atoms with Gasteiger partial charge < -0.3 is 8.60 Å². The summed E-state index contributed by atoms with van der Waals surface area (Å²) in [6.07, 6.45) is 1.62. The predicted molar refractivity (Wildman–Crippen MR) is 99.6 cm³/mol. The van der Waals surface area contributed by atoms with Crippen molar-refractivity contribution in [2.24, 2.45) is 5.14 Å². The molecular formula is C18H17N3O5S. The number of carbonyl (C=O) groups is 1. The molecule has 1 aromatic carbocycles. The highest BCUT2D eigenvalue weighted by Crippen LogP contribution is 2.26. The molecule has 9 heteroatoms. The van der Waals surface area contributed by atoms with E-state index in [-0.39, 0.29) is 17.4 Å². The van der Waals surface area contributed by atoms with Gasteiger partial charge in [-0.3, -0.25) is 9.69 Å². The summed E-state index contributed by atoms with van der Waals surface area (Å²) in [5, 5.41) is 4.82. The molecule has 0 fully saturated rings. The molecule has 0 aliphatic heterocycles. The average molecular weight is 387 g/mol. The van der Waals surface area contributed by atoms with Crippen LogP contribution in [0.25, 0.3) is 11.3 Å². The fraction of sp³-hybridized carbons (Fsp3) is 0.111. The minimum atomic E-state index is -4.08. The van der Waals surface area contributed by atoms with E-state index in [1.54, 1.807) is 43.6 Å². The molecule has 0 unspecified atom stereocenters. The summed E-state index contributed by atoms with van der Waals surface area (Å²) in [5.41, 5.74) is 1.51. The van der Waals surface area contributed by atoms with Gasteiger partial charge in [-0.25, -0.2) is 4.98 Å². The third-order valence-corrected chi connectivity index (χ3v) is 4.20. The lowest BCUT2D eigenvalue weighted by atomic mass is 10.2. The number of hydrogen-bond acceptors (Lipinski definition) is 6. The van der Waals surface area contributed by atoms with Crippen molar-refractivity contribution < 1.29 is 21.8 Å². The zero-order chi connectivity index (χ0) is 19.6. The molecule has 140 valence electrons. The molecule has 2 aromatic heterocycles. The number of pyridine rings is 1. The Balaban J connectivity index is 1.80. The molecule has 0 saturated carbocycles. The topological polar surface area (TPSA) is 116 Å². The van der Waals surface area contributed by atoms with Crippen molar-refractivity contribution in [3.05, 3.63) is 66.1 Å². The Morgan fingerprint density at radius 3 is 2.48 bits per heavy atom. The van der Waals surface area contributed by atoms with Gasteiger partial charge in [0.2, 0.25) is 0 Å². The number of benzene rings is 1. The lowest BCUT2D eigenvalue weighted by Gasteiger charge is -2.16. The summed E-state index contributed by atoms with van der Waals surface area (Å²) in [4.78, 5) is 18.3. The van der Waals surface area contributed by atoms with Gasteiger partial charge in [-0.15, -0.1) is 0 Å². The Bertz CT molecular complexity index is 1070. The lowest BCUT2D eigenvalue weighted by molar-refractivity contribution is 0.0966. The van der Waals surface area contributed by atoms with Gasteiger partial charge in [0.05, 0.1) is 0 Å². The number of furan rings is 1. The quantitative estimate of drug-likeness (QED) is 0.719. The van der Waals surface area contributed by atoms with Crippen LogP contribution in [0.4, 0.5) is 5.82 Å². The van der Waals surface area contributed by atoms with Crippen LogP contribution in [0.3, 0.4) is 0 Å². The van der Waals surface area contributed by atoms with Crippen LogP contribution in [0, 0.1) is 6.92 Å². The van der Waals surface area contributed by atoms with Crippen molar-refractivity contribution >= 4 is 22.0 Å². The average Bonchev–Trinajstić information content (AvgIpc) is 3.10. The van der Waals surface area contributed by atoms with E-state index in [0.29, 0.717) is 17.1 Å². The maximum absolute atomic E-state index is 12.6. The molecule has 0 aliphatic carbocycles. The number of hydrogen-bond donors (Lipinski definition) is 1.